The normalized spacial score (nSPS) is 10.3. The van der Waals surface area contributed by atoms with Crippen LogP contribution >= 0.6 is 11.6 Å². The van der Waals surface area contributed by atoms with E-state index >= 15 is 0 Å². The third-order valence-corrected chi connectivity index (χ3v) is 3.96. The number of anilines is 3. The van der Waals surface area contributed by atoms with Crippen LogP contribution in [0.4, 0.5) is 17.3 Å². The van der Waals surface area contributed by atoms with Crippen LogP contribution in [0.2, 0.25) is 5.02 Å². The second-order valence-electron chi connectivity index (χ2n) is 5.85. The number of para-hydroxylation sites is 1. The van der Waals surface area contributed by atoms with Crippen LogP contribution in [0.15, 0.2) is 60.7 Å². The molecule has 0 bridgehead atoms. The Labute approximate surface area is 162 Å². The lowest BCUT2D eigenvalue weighted by atomic mass is 10.2. The number of carbonyl (C=O) groups excluding carboxylic acids is 1. The van der Waals surface area contributed by atoms with E-state index in [1.54, 1.807) is 18.2 Å². The van der Waals surface area contributed by atoms with Crippen LogP contribution in [0, 0.1) is 6.92 Å². The number of amides is 1. The summed E-state index contributed by atoms with van der Waals surface area (Å²) < 4.78 is 5.50. The van der Waals surface area contributed by atoms with Crippen molar-refractivity contribution in [1.29, 1.82) is 0 Å². The largest absolute Gasteiger partial charge is 0.493 e. The van der Waals surface area contributed by atoms with Crippen LogP contribution in [0.3, 0.4) is 0 Å². The van der Waals surface area contributed by atoms with Gasteiger partial charge in [-0.2, -0.15) is 0 Å². The number of rotatable bonds is 7. The molecule has 1 heterocycles. The van der Waals surface area contributed by atoms with Crippen molar-refractivity contribution in [2.75, 3.05) is 17.2 Å². The number of halogens is 1. The monoisotopic (exact) mass is 382 g/mol. The zero-order chi connectivity index (χ0) is 19.1. The molecule has 0 fully saturated rings. The van der Waals surface area contributed by atoms with Gasteiger partial charge in [-0.15, -0.1) is 10.2 Å². The van der Waals surface area contributed by atoms with Crippen LogP contribution in [0.1, 0.15) is 12.0 Å². The molecule has 0 unspecified atom stereocenters. The molecule has 138 valence electrons. The highest BCUT2D eigenvalue weighted by Crippen LogP contribution is 2.22. The first-order valence-corrected chi connectivity index (χ1v) is 8.82. The molecule has 0 spiro atoms. The molecule has 0 atom stereocenters. The van der Waals surface area contributed by atoms with Crippen LogP contribution in [-0.2, 0) is 4.79 Å². The number of nitrogens with one attached hydrogen (secondary N) is 2. The van der Waals surface area contributed by atoms with Crippen LogP contribution < -0.4 is 15.4 Å². The van der Waals surface area contributed by atoms with E-state index < -0.39 is 0 Å². The van der Waals surface area contributed by atoms with E-state index in [0.717, 1.165) is 17.0 Å². The molecule has 0 saturated carbocycles. The Bertz CT molecular complexity index is 902. The van der Waals surface area contributed by atoms with Crippen molar-refractivity contribution in [2.45, 2.75) is 13.3 Å². The molecule has 0 aliphatic carbocycles. The van der Waals surface area contributed by atoms with E-state index in [0.29, 0.717) is 23.3 Å². The van der Waals surface area contributed by atoms with Crippen LogP contribution in [0.5, 0.6) is 5.75 Å². The maximum atomic E-state index is 12.0. The van der Waals surface area contributed by atoms with Gasteiger partial charge in [0.1, 0.15) is 5.75 Å². The fourth-order valence-corrected chi connectivity index (χ4v) is 2.58. The topological polar surface area (TPSA) is 76.1 Å². The zero-order valence-electron chi connectivity index (χ0n) is 14.8. The molecule has 0 aliphatic rings. The minimum absolute atomic E-state index is 0.186. The summed E-state index contributed by atoms with van der Waals surface area (Å²) in [5.74, 6) is 1.51. The summed E-state index contributed by atoms with van der Waals surface area (Å²) in [6, 6.07) is 18.3. The Hall–Kier alpha value is -3.12. The van der Waals surface area contributed by atoms with E-state index in [-0.39, 0.29) is 12.3 Å². The highest BCUT2D eigenvalue weighted by atomic mass is 35.5. The van der Waals surface area contributed by atoms with Crippen molar-refractivity contribution < 1.29 is 9.53 Å². The molecule has 7 heteroatoms. The number of hydrogen-bond donors (Lipinski definition) is 2. The van der Waals surface area contributed by atoms with Crippen LogP contribution in [0.25, 0.3) is 0 Å². The molecule has 1 aromatic heterocycles. The minimum atomic E-state index is -0.186. The van der Waals surface area contributed by atoms with Gasteiger partial charge in [-0.1, -0.05) is 29.8 Å². The smallest absolute Gasteiger partial charge is 0.229 e. The molecular formula is C20H19ClN4O2. The van der Waals surface area contributed by atoms with Crippen molar-refractivity contribution in [3.63, 3.8) is 0 Å². The van der Waals surface area contributed by atoms with E-state index in [4.69, 9.17) is 16.3 Å². The average Bonchev–Trinajstić information content (AvgIpc) is 2.66. The summed E-state index contributed by atoms with van der Waals surface area (Å²) in [6.07, 6.45) is 0.223. The number of ether oxygens (including phenoxy) is 1. The molecule has 27 heavy (non-hydrogen) atoms. The summed E-state index contributed by atoms with van der Waals surface area (Å²) in [6.45, 7) is 2.24. The van der Waals surface area contributed by atoms with Gasteiger partial charge >= 0.3 is 0 Å². The SMILES string of the molecule is Cc1cc(Cl)ccc1Nc1ccc(NC(=O)CCOc2ccccc2)nn1. The van der Waals surface area contributed by atoms with Gasteiger partial charge in [0.05, 0.1) is 13.0 Å². The molecule has 3 aromatic rings. The number of hydrogen-bond acceptors (Lipinski definition) is 5. The van der Waals surface area contributed by atoms with Crippen LogP contribution in [-0.4, -0.2) is 22.7 Å². The quantitative estimate of drug-likeness (QED) is 0.625. The molecule has 1 amide bonds. The van der Waals surface area contributed by atoms with Gasteiger partial charge in [-0.3, -0.25) is 4.79 Å². The van der Waals surface area contributed by atoms with Gasteiger partial charge in [-0.25, -0.2) is 0 Å². The summed E-state index contributed by atoms with van der Waals surface area (Å²) in [5.41, 5.74) is 1.89. The summed E-state index contributed by atoms with van der Waals surface area (Å²) in [7, 11) is 0. The second-order valence-corrected chi connectivity index (χ2v) is 6.28. The Morgan fingerprint density at radius 3 is 2.48 bits per heavy atom. The van der Waals surface area contributed by atoms with Crippen molar-refractivity contribution in [3.8, 4) is 5.75 Å². The van der Waals surface area contributed by atoms with Gasteiger partial charge in [0.25, 0.3) is 0 Å². The fourth-order valence-electron chi connectivity index (χ4n) is 2.35. The van der Waals surface area contributed by atoms with Crippen molar-refractivity contribution in [1.82, 2.24) is 10.2 Å². The van der Waals surface area contributed by atoms with E-state index in [1.807, 2.05) is 49.4 Å². The van der Waals surface area contributed by atoms with Gasteiger partial charge in [0, 0.05) is 10.7 Å². The number of carbonyl (C=O) groups is 1. The third kappa shape index (κ3) is 5.69. The summed E-state index contributed by atoms with van der Waals surface area (Å²) in [5, 5.41) is 14.6. The number of aryl methyl sites for hydroxylation is 1. The Balaban J connectivity index is 1.49. The van der Waals surface area contributed by atoms with Gasteiger partial charge in [0.15, 0.2) is 11.6 Å². The maximum Gasteiger partial charge on any atom is 0.229 e. The highest BCUT2D eigenvalue weighted by molar-refractivity contribution is 6.30. The first kappa shape index (κ1) is 18.7. The van der Waals surface area contributed by atoms with Crippen molar-refractivity contribution >= 4 is 34.8 Å². The third-order valence-electron chi connectivity index (χ3n) is 3.72. The van der Waals surface area contributed by atoms with Gasteiger partial charge in [-0.05, 0) is 55.0 Å². The molecule has 0 aliphatic heterocycles. The summed E-state index contributed by atoms with van der Waals surface area (Å²) in [4.78, 5) is 12.0. The zero-order valence-corrected chi connectivity index (χ0v) is 15.5. The molecule has 6 nitrogen and oxygen atoms in total. The fraction of sp³-hybridized carbons (Fsp3) is 0.150. The first-order chi connectivity index (χ1) is 13.1. The number of nitrogens with zero attached hydrogens (tertiary/aromatic N) is 2. The second kappa shape index (κ2) is 9.00. The predicted molar refractivity (Wildman–Crippen MR) is 107 cm³/mol. The first-order valence-electron chi connectivity index (χ1n) is 8.45. The standard InChI is InChI=1S/C20H19ClN4O2/c1-14-13-15(21)7-8-17(14)22-18-9-10-19(25-24-18)23-20(26)11-12-27-16-5-3-2-4-6-16/h2-10,13H,11-12H2,1H3,(H,22,24)(H,23,25,26). The lowest BCUT2D eigenvalue weighted by Gasteiger charge is -2.09. The molecule has 2 N–H and O–H groups in total. The molecule has 0 saturated heterocycles. The maximum absolute atomic E-state index is 12.0. The van der Waals surface area contributed by atoms with Crippen molar-refractivity contribution in [2.24, 2.45) is 0 Å². The molecule has 0 radical (unpaired) electrons. The highest BCUT2D eigenvalue weighted by Gasteiger charge is 2.06. The van der Waals surface area contributed by atoms with Crippen molar-refractivity contribution in [3.05, 3.63) is 71.2 Å². The van der Waals surface area contributed by atoms with E-state index in [1.165, 1.54) is 0 Å². The lowest BCUT2D eigenvalue weighted by Crippen LogP contribution is -2.16. The minimum Gasteiger partial charge on any atom is -0.493 e. The van der Waals surface area contributed by atoms with Gasteiger partial charge in [0.2, 0.25) is 5.91 Å². The Morgan fingerprint density at radius 2 is 1.78 bits per heavy atom. The van der Waals surface area contributed by atoms with Gasteiger partial charge < -0.3 is 15.4 Å². The van der Waals surface area contributed by atoms with E-state index in [9.17, 15) is 4.79 Å². The molecule has 2 aromatic carbocycles. The Morgan fingerprint density at radius 1 is 1.04 bits per heavy atom. The molecular weight excluding hydrogens is 364 g/mol. The molecule has 3 rings (SSSR count). The Kier molecular flexibility index (Phi) is 6.22. The van der Waals surface area contributed by atoms with E-state index in [2.05, 4.69) is 20.8 Å². The predicted octanol–water partition coefficient (Wildman–Crippen LogP) is 4.59. The number of aromatic nitrogens is 2. The lowest BCUT2D eigenvalue weighted by molar-refractivity contribution is -0.116. The number of benzene rings is 2. The summed E-state index contributed by atoms with van der Waals surface area (Å²) >= 11 is 5.96. The average molecular weight is 383 g/mol.